The van der Waals surface area contributed by atoms with Crippen LogP contribution in [0.1, 0.15) is 24.0 Å². The number of hydrogen-bond acceptors (Lipinski definition) is 3. The van der Waals surface area contributed by atoms with Gasteiger partial charge in [-0.05, 0) is 24.5 Å². The summed E-state index contributed by atoms with van der Waals surface area (Å²) >= 11 is 0. The maximum atomic E-state index is 5.44. The first kappa shape index (κ1) is 9.04. The van der Waals surface area contributed by atoms with Gasteiger partial charge in [-0.15, -0.1) is 0 Å². The molecule has 1 aliphatic heterocycles. The zero-order chi connectivity index (χ0) is 10.5. The van der Waals surface area contributed by atoms with Gasteiger partial charge in [0.25, 0.3) is 0 Å². The molecule has 1 aromatic carbocycles. The van der Waals surface area contributed by atoms with Crippen LogP contribution in [-0.4, -0.2) is 14.2 Å². The highest BCUT2D eigenvalue weighted by Crippen LogP contribution is 2.53. The Hall–Kier alpha value is -1.22. The quantitative estimate of drug-likeness (QED) is 0.798. The lowest BCUT2D eigenvalue weighted by atomic mass is 10.0. The average Bonchev–Trinajstić information content (AvgIpc) is 2.95. The molecule has 1 heterocycles. The number of nitrogens with one attached hydrogen (secondary N) is 1. The first-order chi connectivity index (χ1) is 7.30. The minimum absolute atomic E-state index is 0.273. The first-order valence-corrected chi connectivity index (χ1v) is 5.30. The van der Waals surface area contributed by atoms with E-state index in [9.17, 15) is 0 Å². The Morgan fingerprint density at radius 2 is 2.00 bits per heavy atom. The Kier molecular flexibility index (Phi) is 1.74. The van der Waals surface area contributed by atoms with Gasteiger partial charge in [-0.2, -0.15) is 0 Å². The Labute approximate surface area is 89.4 Å². The summed E-state index contributed by atoms with van der Waals surface area (Å²) in [5.41, 5.74) is 2.95. The van der Waals surface area contributed by atoms with E-state index >= 15 is 0 Å². The summed E-state index contributed by atoms with van der Waals surface area (Å²) in [7, 11) is 3.38. The lowest BCUT2D eigenvalue weighted by Crippen LogP contribution is -2.19. The third-order valence-corrected chi connectivity index (χ3v) is 3.52. The molecule has 15 heavy (non-hydrogen) atoms. The number of ether oxygens (including phenoxy) is 2. The summed E-state index contributed by atoms with van der Waals surface area (Å²) in [5, 5.41) is 3.56. The molecule has 2 aliphatic rings. The predicted octanol–water partition coefficient (Wildman–Crippen LogP) is 1.80. The number of hydrogen-bond donors (Lipinski definition) is 1. The van der Waals surface area contributed by atoms with Gasteiger partial charge >= 0.3 is 0 Å². The van der Waals surface area contributed by atoms with Crippen LogP contribution < -0.4 is 14.8 Å². The molecule has 0 radical (unpaired) electrons. The molecule has 0 bridgehead atoms. The maximum absolute atomic E-state index is 5.44. The molecule has 1 N–H and O–H groups in total. The molecule has 0 amide bonds. The SMILES string of the molecule is COc1ccc2c(c1OC)CNC21CC1. The standard InChI is InChI=1S/C12H15NO2/c1-14-10-4-3-9-8(11(10)15-2)7-13-12(9)5-6-12/h3-4,13H,5-7H2,1-2H3. The lowest BCUT2D eigenvalue weighted by Gasteiger charge is -2.13. The molecule has 1 aliphatic carbocycles. The zero-order valence-corrected chi connectivity index (χ0v) is 9.09. The van der Waals surface area contributed by atoms with Gasteiger partial charge in [0.15, 0.2) is 11.5 Å². The summed E-state index contributed by atoms with van der Waals surface area (Å²) in [6.07, 6.45) is 2.49. The van der Waals surface area contributed by atoms with E-state index < -0.39 is 0 Å². The van der Waals surface area contributed by atoms with Crippen molar-refractivity contribution in [2.24, 2.45) is 0 Å². The van der Waals surface area contributed by atoms with Gasteiger partial charge in [-0.3, -0.25) is 0 Å². The van der Waals surface area contributed by atoms with E-state index in [1.807, 2.05) is 6.07 Å². The van der Waals surface area contributed by atoms with E-state index in [1.54, 1.807) is 14.2 Å². The summed E-state index contributed by atoms with van der Waals surface area (Å²) in [5.74, 6) is 1.72. The van der Waals surface area contributed by atoms with Gasteiger partial charge in [-0.1, -0.05) is 6.07 Å². The smallest absolute Gasteiger partial charge is 0.165 e. The van der Waals surface area contributed by atoms with Crippen molar-refractivity contribution in [3.63, 3.8) is 0 Å². The third-order valence-electron chi connectivity index (χ3n) is 3.52. The highest BCUT2D eigenvalue weighted by atomic mass is 16.5. The monoisotopic (exact) mass is 205 g/mol. The lowest BCUT2D eigenvalue weighted by molar-refractivity contribution is 0.352. The second-order valence-corrected chi connectivity index (χ2v) is 4.26. The molecule has 1 spiro atoms. The van der Waals surface area contributed by atoms with Crippen LogP contribution in [0.25, 0.3) is 0 Å². The second-order valence-electron chi connectivity index (χ2n) is 4.26. The Bertz CT molecular complexity index is 410. The highest BCUT2D eigenvalue weighted by molar-refractivity contribution is 5.56. The fourth-order valence-electron chi connectivity index (χ4n) is 2.54. The van der Waals surface area contributed by atoms with Crippen LogP contribution in [0, 0.1) is 0 Å². The van der Waals surface area contributed by atoms with Crippen molar-refractivity contribution in [3.05, 3.63) is 23.3 Å². The molecule has 80 valence electrons. The van der Waals surface area contributed by atoms with Crippen LogP contribution in [0.2, 0.25) is 0 Å². The van der Waals surface area contributed by atoms with Crippen molar-refractivity contribution < 1.29 is 9.47 Å². The maximum Gasteiger partial charge on any atom is 0.165 e. The van der Waals surface area contributed by atoms with E-state index in [-0.39, 0.29) is 5.54 Å². The minimum Gasteiger partial charge on any atom is -0.493 e. The van der Waals surface area contributed by atoms with Crippen LogP contribution >= 0.6 is 0 Å². The van der Waals surface area contributed by atoms with E-state index in [4.69, 9.17) is 9.47 Å². The topological polar surface area (TPSA) is 30.5 Å². The Morgan fingerprint density at radius 3 is 2.60 bits per heavy atom. The van der Waals surface area contributed by atoms with Crippen molar-refractivity contribution in [1.29, 1.82) is 0 Å². The molecule has 1 fully saturated rings. The molecule has 3 nitrogen and oxygen atoms in total. The van der Waals surface area contributed by atoms with E-state index in [0.29, 0.717) is 0 Å². The normalized spacial score (nSPS) is 20.1. The van der Waals surface area contributed by atoms with Crippen LogP contribution in [-0.2, 0) is 12.1 Å². The van der Waals surface area contributed by atoms with Crippen molar-refractivity contribution >= 4 is 0 Å². The average molecular weight is 205 g/mol. The number of fused-ring (bicyclic) bond motifs is 2. The van der Waals surface area contributed by atoms with E-state index in [1.165, 1.54) is 24.0 Å². The molecule has 1 saturated carbocycles. The first-order valence-electron chi connectivity index (χ1n) is 5.30. The third kappa shape index (κ3) is 1.10. The summed E-state index contributed by atoms with van der Waals surface area (Å²) in [4.78, 5) is 0. The number of benzene rings is 1. The van der Waals surface area contributed by atoms with Gasteiger partial charge in [0.1, 0.15) is 0 Å². The van der Waals surface area contributed by atoms with Gasteiger partial charge < -0.3 is 14.8 Å². The zero-order valence-electron chi connectivity index (χ0n) is 9.09. The van der Waals surface area contributed by atoms with Crippen molar-refractivity contribution in [2.75, 3.05) is 14.2 Å². The molecule has 3 rings (SSSR count). The van der Waals surface area contributed by atoms with Crippen LogP contribution in [0.5, 0.6) is 11.5 Å². The number of rotatable bonds is 2. The highest BCUT2D eigenvalue weighted by Gasteiger charge is 2.49. The molecular formula is C12H15NO2. The van der Waals surface area contributed by atoms with Gasteiger partial charge in [0.2, 0.25) is 0 Å². The molecular weight excluding hydrogens is 190 g/mol. The molecule has 0 unspecified atom stereocenters. The summed E-state index contributed by atoms with van der Waals surface area (Å²) < 4.78 is 10.7. The Balaban J connectivity index is 2.16. The van der Waals surface area contributed by atoms with Crippen molar-refractivity contribution in [2.45, 2.75) is 24.9 Å². The van der Waals surface area contributed by atoms with E-state index in [0.717, 1.165) is 18.0 Å². The molecule has 0 saturated heterocycles. The summed E-state index contributed by atoms with van der Waals surface area (Å²) in [6, 6.07) is 4.18. The molecule has 3 heteroatoms. The molecule has 1 aromatic rings. The minimum atomic E-state index is 0.273. The fourth-order valence-corrected chi connectivity index (χ4v) is 2.54. The largest absolute Gasteiger partial charge is 0.493 e. The summed E-state index contributed by atoms with van der Waals surface area (Å²) in [6.45, 7) is 0.899. The number of methoxy groups -OCH3 is 2. The molecule has 0 atom stereocenters. The van der Waals surface area contributed by atoms with Gasteiger partial charge in [-0.25, -0.2) is 0 Å². The van der Waals surface area contributed by atoms with Crippen LogP contribution in [0.15, 0.2) is 12.1 Å². The fraction of sp³-hybridized carbons (Fsp3) is 0.500. The van der Waals surface area contributed by atoms with E-state index in [2.05, 4.69) is 11.4 Å². The van der Waals surface area contributed by atoms with Crippen LogP contribution in [0.4, 0.5) is 0 Å². The second kappa shape index (κ2) is 2.89. The molecule has 0 aromatic heterocycles. The van der Waals surface area contributed by atoms with Crippen LogP contribution in [0.3, 0.4) is 0 Å². The van der Waals surface area contributed by atoms with Crippen molar-refractivity contribution in [1.82, 2.24) is 5.32 Å². The van der Waals surface area contributed by atoms with Crippen molar-refractivity contribution in [3.8, 4) is 11.5 Å². The van der Waals surface area contributed by atoms with Gasteiger partial charge in [0, 0.05) is 17.6 Å². The predicted molar refractivity (Wildman–Crippen MR) is 57.3 cm³/mol. The van der Waals surface area contributed by atoms with Gasteiger partial charge in [0.05, 0.1) is 14.2 Å². The Morgan fingerprint density at radius 1 is 1.20 bits per heavy atom.